The van der Waals surface area contributed by atoms with Crippen LogP contribution in [0.15, 0.2) is 41.2 Å². The third-order valence-electron chi connectivity index (χ3n) is 3.49. The Morgan fingerprint density at radius 2 is 1.82 bits per heavy atom. The number of nitrogens with zero attached hydrogens (tertiary/aromatic N) is 4. The average Bonchev–Trinajstić information content (AvgIpc) is 2.96. The van der Waals surface area contributed by atoms with Crippen LogP contribution in [0.3, 0.4) is 0 Å². The van der Waals surface area contributed by atoms with Crippen molar-refractivity contribution in [2.45, 2.75) is 6.92 Å². The molecule has 2 aromatic heterocycles. The Morgan fingerprint density at radius 1 is 1.05 bits per heavy atom. The largest absolute Gasteiger partial charge is 0.268 e. The minimum Gasteiger partial charge on any atom is -0.268 e. The first-order valence-electron chi connectivity index (χ1n) is 6.55. The summed E-state index contributed by atoms with van der Waals surface area (Å²) in [6, 6.07) is 11.3. The summed E-state index contributed by atoms with van der Waals surface area (Å²) in [7, 11) is 0. The van der Waals surface area contributed by atoms with Crippen molar-refractivity contribution in [3.8, 4) is 5.69 Å². The Balaban J connectivity index is 2.06. The molecule has 7 heteroatoms. The average molecular weight is 420 g/mol. The summed E-state index contributed by atoms with van der Waals surface area (Å²) in [5, 5.41) is 0.619. The van der Waals surface area contributed by atoms with Gasteiger partial charge in [0.1, 0.15) is 16.9 Å². The molecule has 0 spiro atoms. The van der Waals surface area contributed by atoms with Gasteiger partial charge in [-0.25, -0.2) is 4.98 Å². The SMILES string of the molecule is Cc1nc2ccc(I)cc2c(=O)n1-c1ccc2nsnc2c1. The van der Waals surface area contributed by atoms with E-state index in [1.165, 1.54) is 11.7 Å². The molecule has 0 radical (unpaired) electrons. The molecule has 0 unspecified atom stereocenters. The smallest absolute Gasteiger partial charge is 0.265 e. The molecule has 0 saturated carbocycles. The fourth-order valence-corrected chi connectivity index (χ4v) is 3.49. The van der Waals surface area contributed by atoms with Crippen LogP contribution in [-0.2, 0) is 0 Å². The Hall–Kier alpha value is -1.87. The van der Waals surface area contributed by atoms with Crippen molar-refractivity contribution in [3.63, 3.8) is 0 Å². The molecule has 2 heterocycles. The topological polar surface area (TPSA) is 60.7 Å². The van der Waals surface area contributed by atoms with E-state index in [0.717, 1.165) is 25.8 Å². The number of halogens is 1. The molecule has 2 aromatic carbocycles. The van der Waals surface area contributed by atoms with Gasteiger partial charge in [0.25, 0.3) is 5.56 Å². The summed E-state index contributed by atoms with van der Waals surface area (Å²) >= 11 is 3.36. The van der Waals surface area contributed by atoms with Crippen molar-refractivity contribution in [2.24, 2.45) is 0 Å². The van der Waals surface area contributed by atoms with Crippen LogP contribution in [0.5, 0.6) is 0 Å². The maximum Gasteiger partial charge on any atom is 0.265 e. The predicted octanol–water partition coefficient (Wildman–Crippen LogP) is 3.30. The van der Waals surface area contributed by atoms with E-state index in [9.17, 15) is 4.79 Å². The first kappa shape index (κ1) is 13.8. The molecule has 0 bridgehead atoms. The monoisotopic (exact) mass is 420 g/mol. The first-order chi connectivity index (χ1) is 10.6. The lowest BCUT2D eigenvalue weighted by Crippen LogP contribution is -2.22. The second-order valence-corrected chi connectivity index (χ2v) is 6.67. The van der Waals surface area contributed by atoms with E-state index < -0.39 is 0 Å². The number of hydrogen-bond acceptors (Lipinski definition) is 5. The van der Waals surface area contributed by atoms with Gasteiger partial charge in [0.15, 0.2) is 0 Å². The lowest BCUT2D eigenvalue weighted by molar-refractivity contribution is 0.896. The standard InChI is InChI=1S/C15H9IN4OS/c1-8-17-12-4-2-9(16)6-11(12)15(21)20(8)10-3-5-13-14(7-10)19-22-18-13/h2-7H,1H3. The fraction of sp³-hybridized carbons (Fsp3) is 0.0667. The highest BCUT2D eigenvalue weighted by molar-refractivity contribution is 14.1. The summed E-state index contributed by atoms with van der Waals surface area (Å²) in [4.78, 5) is 17.4. The molecule has 0 saturated heterocycles. The van der Waals surface area contributed by atoms with Crippen molar-refractivity contribution >= 4 is 56.3 Å². The second kappa shape index (κ2) is 5.10. The van der Waals surface area contributed by atoms with Crippen LogP contribution in [0.1, 0.15) is 5.82 Å². The zero-order valence-corrected chi connectivity index (χ0v) is 14.4. The molecule has 5 nitrogen and oxygen atoms in total. The quantitative estimate of drug-likeness (QED) is 0.444. The molecule has 0 aliphatic carbocycles. The number of fused-ring (bicyclic) bond motifs is 2. The summed E-state index contributed by atoms with van der Waals surface area (Å²) in [6.07, 6.45) is 0. The van der Waals surface area contributed by atoms with Crippen molar-refractivity contribution in [1.82, 2.24) is 18.3 Å². The minimum atomic E-state index is -0.0662. The van der Waals surface area contributed by atoms with E-state index in [1.54, 1.807) is 4.57 Å². The normalized spacial score (nSPS) is 11.4. The van der Waals surface area contributed by atoms with E-state index in [0.29, 0.717) is 11.2 Å². The summed E-state index contributed by atoms with van der Waals surface area (Å²) in [5.74, 6) is 0.654. The van der Waals surface area contributed by atoms with E-state index in [4.69, 9.17) is 0 Å². The van der Waals surface area contributed by atoms with Crippen molar-refractivity contribution < 1.29 is 0 Å². The van der Waals surface area contributed by atoms with Crippen LogP contribution in [0.25, 0.3) is 27.6 Å². The van der Waals surface area contributed by atoms with Crippen LogP contribution in [-0.4, -0.2) is 18.3 Å². The lowest BCUT2D eigenvalue weighted by Gasteiger charge is -2.10. The molecule has 108 valence electrons. The fourth-order valence-electron chi connectivity index (χ4n) is 2.48. The van der Waals surface area contributed by atoms with Crippen molar-refractivity contribution in [2.75, 3.05) is 0 Å². The van der Waals surface area contributed by atoms with Gasteiger partial charge in [0.05, 0.1) is 28.3 Å². The molecular formula is C15H9IN4OS. The van der Waals surface area contributed by atoms with Gasteiger partial charge in [-0.15, -0.1) is 0 Å². The number of benzene rings is 2. The summed E-state index contributed by atoms with van der Waals surface area (Å²) in [6.45, 7) is 1.84. The lowest BCUT2D eigenvalue weighted by atomic mass is 10.2. The Kier molecular flexibility index (Phi) is 3.19. The van der Waals surface area contributed by atoms with Crippen LogP contribution in [0, 0.1) is 10.5 Å². The number of aromatic nitrogens is 4. The van der Waals surface area contributed by atoms with E-state index in [1.807, 2.05) is 43.3 Å². The predicted molar refractivity (Wildman–Crippen MR) is 95.8 cm³/mol. The number of rotatable bonds is 1. The maximum atomic E-state index is 12.9. The third kappa shape index (κ3) is 2.12. The molecular weight excluding hydrogens is 411 g/mol. The Bertz CT molecular complexity index is 1090. The molecule has 0 aliphatic rings. The molecule has 4 aromatic rings. The van der Waals surface area contributed by atoms with Crippen LogP contribution < -0.4 is 5.56 Å². The van der Waals surface area contributed by atoms with Gasteiger partial charge in [-0.2, -0.15) is 8.75 Å². The molecule has 0 amide bonds. The zero-order chi connectivity index (χ0) is 15.3. The molecule has 0 atom stereocenters. The van der Waals surface area contributed by atoms with E-state index in [-0.39, 0.29) is 5.56 Å². The van der Waals surface area contributed by atoms with Gasteiger partial charge in [-0.1, -0.05) is 0 Å². The zero-order valence-electron chi connectivity index (χ0n) is 11.4. The van der Waals surface area contributed by atoms with Gasteiger partial charge < -0.3 is 0 Å². The van der Waals surface area contributed by atoms with E-state index in [2.05, 4.69) is 36.3 Å². The number of aryl methyl sites for hydroxylation is 1. The van der Waals surface area contributed by atoms with Gasteiger partial charge >= 0.3 is 0 Å². The second-order valence-electron chi connectivity index (χ2n) is 4.90. The van der Waals surface area contributed by atoms with E-state index >= 15 is 0 Å². The molecule has 0 aliphatic heterocycles. The van der Waals surface area contributed by atoms with Crippen molar-refractivity contribution in [3.05, 3.63) is 56.1 Å². The van der Waals surface area contributed by atoms with Gasteiger partial charge in [0.2, 0.25) is 0 Å². The molecule has 22 heavy (non-hydrogen) atoms. The molecule has 4 rings (SSSR count). The molecule has 0 fully saturated rings. The highest BCUT2D eigenvalue weighted by Crippen LogP contribution is 2.19. The molecule has 0 N–H and O–H groups in total. The van der Waals surface area contributed by atoms with Crippen molar-refractivity contribution in [1.29, 1.82) is 0 Å². The highest BCUT2D eigenvalue weighted by Gasteiger charge is 2.11. The first-order valence-corrected chi connectivity index (χ1v) is 8.36. The minimum absolute atomic E-state index is 0.0662. The van der Waals surface area contributed by atoms with Crippen LogP contribution >= 0.6 is 34.3 Å². The van der Waals surface area contributed by atoms with Gasteiger partial charge in [-0.05, 0) is 65.9 Å². The van der Waals surface area contributed by atoms with Gasteiger partial charge in [-0.3, -0.25) is 9.36 Å². The Morgan fingerprint density at radius 3 is 2.68 bits per heavy atom. The maximum absolute atomic E-state index is 12.9. The summed E-state index contributed by atoms with van der Waals surface area (Å²) < 4.78 is 11.1. The van der Waals surface area contributed by atoms with Gasteiger partial charge in [0, 0.05) is 3.57 Å². The van der Waals surface area contributed by atoms with Crippen LogP contribution in [0.2, 0.25) is 0 Å². The summed E-state index contributed by atoms with van der Waals surface area (Å²) in [5.41, 5.74) is 3.04. The van der Waals surface area contributed by atoms with Crippen LogP contribution in [0.4, 0.5) is 0 Å². The third-order valence-corrected chi connectivity index (χ3v) is 4.72. The highest BCUT2D eigenvalue weighted by atomic mass is 127. The number of hydrogen-bond donors (Lipinski definition) is 0. The Labute approximate surface area is 143 Å².